The number of aliphatic carboxylic acids is 1. The number of anilines is 1. The van der Waals surface area contributed by atoms with Crippen molar-refractivity contribution >= 4 is 46.8 Å². The van der Waals surface area contributed by atoms with Crippen molar-refractivity contribution in [2.75, 3.05) is 18.1 Å². The lowest BCUT2D eigenvalue weighted by Crippen LogP contribution is -2.57. The first-order valence-electron chi connectivity index (χ1n) is 11.1. The summed E-state index contributed by atoms with van der Waals surface area (Å²) in [6.07, 6.45) is 2.77. The number of hydrogen-bond donors (Lipinski definition) is 2. The van der Waals surface area contributed by atoms with Crippen LogP contribution in [0.4, 0.5) is 5.69 Å². The van der Waals surface area contributed by atoms with Crippen LogP contribution < -0.4 is 4.90 Å². The van der Waals surface area contributed by atoms with Gasteiger partial charge in [0.2, 0.25) is 5.91 Å². The second-order valence-electron chi connectivity index (χ2n) is 9.49. The van der Waals surface area contributed by atoms with Gasteiger partial charge in [0.1, 0.15) is 6.04 Å². The van der Waals surface area contributed by atoms with Crippen LogP contribution in [0.3, 0.4) is 0 Å². The van der Waals surface area contributed by atoms with Gasteiger partial charge < -0.3 is 20.0 Å². The summed E-state index contributed by atoms with van der Waals surface area (Å²) >= 11 is 7.98. The van der Waals surface area contributed by atoms with Gasteiger partial charge in [0, 0.05) is 11.3 Å². The summed E-state index contributed by atoms with van der Waals surface area (Å²) in [4.78, 5) is 43.3. The quantitative estimate of drug-likeness (QED) is 0.567. The summed E-state index contributed by atoms with van der Waals surface area (Å²) in [6, 6.07) is 3.82. The van der Waals surface area contributed by atoms with Gasteiger partial charge in [-0.25, -0.2) is 0 Å². The number of carbonyl (C=O) groups excluding carboxylic acids is 2. The molecule has 3 fully saturated rings. The van der Waals surface area contributed by atoms with Gasteiger partial charge in [-0.15, -0.1) is 18.3 Å². The number of fused-ring (bicyclic) bond motifs is 1. The number of carbonyl (C=O) groups is 3. The number of carboxylic acid groups (broad SMARTS) is 1. The number of rotatable bonds is 7. The molecule has 1 aromatic rings. The minimum Gasteiger partial charge on any atom is -0.481 e. The Kier molecular flexibility index (Phi) is 6.08. The molecule has 2 bridgehead atoms. The van der Waals surface area contributed by atoms with Crippen LogP contribution in [0.15, 0.2) is 30.9 Å². The lowest BCUT2D eigenvalue weighted by Gasteiger charge is -2.39. The van der Waals surface area contributed by atoms with Crippen LogP contribution >= 0.6 is 23.4 Å². The predicted molar refractivity (Wildman–Crippen MR) is 128 cm³/mol. The van der Waals surface area contributed by atoms with Crippen molar-refractivity contribution in [2.45, 2.75) is 55.2 Å². The molecule has 9 heteroatoms. The number of likely N-dealkylation sites (tertiary alicyclic amines) is 1. The molecule has 178 valence electrons. The van der Waals surface area contributed by atoms with E-state index in [0.717, 1.165) is 5.56 Å². The number of aryl methyl sites for hydroxylation is 1. The Hall–Kier alpha value is -2.03. The van der Waals surface area contributed by atoms with Crippen LogP contribution in [0.1, 0.15) is 32.3 Å². The van der Waals surface area contributed by atoms with Crippen molar-refractivity contribution in [2.24, 2.45) is 11.8 Å². The third kappa shape index (κ3) is 3.33. The van der Waals surface area contributed by atoms with Gasteiger partial charge in [0.05, 0.1) is 39.9 Å². The summed E-state index contributed by atoms with van der Waals surface area (Å²) < 4.78 is -1.49. The minimum atomic E-state index is -1.01. The molecule has 3 aliphatic heterocycles. The molecule has 2 N–H and O–H groups in total. The molecule has 2 amide bonds. The van der Waals surface area contributed by atoms with Crippen LogP contribution in [0.25, 0.3) is 0 Å². The van der Waals surface area contributed by atoms with Crippen molar-refractivity contribution in [3.8, 4) is 0 Å². The van der Waals surface area contributed by atoms with E-state index in [-0.39, 0.29) is 25.0 Å². The third-order valence-electron chi connectivity index (χ3n) is 7.49. The average molecular weight is 493 g/mol. The number of carboxylic acids is 1. The molecule has 0 aliphatic carbocycles. The Morgan fingerprint density at radius 1 is 1.42 bits per heavy atom. The van der Waals surface area contributed by atoms with Gasteiger partial charge in [-0.05, 0) is 45.2 Å². The van der Waals surface area contributed by atoms with E-state index >= 15 is 0 Å². The maximum Gasteiger partial charge on any atom is 0.308 e. The smallest absolute Gasteiger partial charge is 0.308 e. The summed E-state index contributed by atoms with van der Waals surface area (Å²) in [5.74, 6) is -3.42. The third-order valence-corrected chi connectivity index (χ3v) is 9.78. The Balaban J connectivity index is 1.88. The van der Waals surface area contributed by atoms with Crippen molar-refractivity contribution < 1.29 is 24.6 Å². The first-order chi connectivity index (χ1) is 15.5. The monoisotopic (exact) mass is 492 g/mol. The number of halogens is 1. The number of nitrogens with zero attached hydrogens (tertiary/aromatic N) is 2. The molecule has 3 saturated heterocycles. The summed E-state index contributed by atoms with van der Waals surface area (Å²) in [7, 11) is 0. The van der Waals surface area contributed by atoms with Crippen molar-refractivity contribution in [3.05, 3.63) is 41.4 Å². The Labute approximate surface area is 202 Å². The van der Waals surface area contributed by atoms with Crippen LogP contribution in [-0.4, -0.2) is 67.6 Å². The fourth-order valence-electron chi connectivity index (χ4n) is 6.11. The largest absolute Gasteiger partial charge is 0.481 e. The zero-order valence-electron chi connectivity index (χ0n) is 19.0. The molecule has 33 heavy (non-hydrogen) atoms. The van der Waals surface area contributed by atoms with Gasteiger partial charge in [-0.1, -0.05) is 29.8 Å². The van der Waals surface area contributed by atoms with E-state index in [2.05, 4.69) is 6.58 Å². The lowest BCUT2D eigenvalue weighted by molar-refractivity contribution is -0.150. The second-order valence-corrected chi connectivity index (χ2v) is 11.8. The number of thioether (sulfide) groups is 1. The fourth-order valence-corrected chi connectivity index (χ4v) is 8.77. The van der Waals surface area contributed by atoms with Gasteiger partial charge in [0.25, 0.3) is 5.91 Å². The van der Waals surface area contributed by atoms with E-state index in [4.69, 9.17) is 11.6 Å². The fraction of sp³-hybridized carbons (Fsp3) is 0.542. The second kappa shape index (κ2) is 8.32. The SMILES string of the molecule is C=CCN(C(=O)C1N([C@H](C)CO)C(=O)[C@@H]2[C@@H](C(=O)O)[C@@]3(C)CCC12S3)c1c(C)cccc1Cl. The van der Waals surface area contributed by atoms with E-state index in [1.807, 2.05) is 19.9 Å². The lowest BCUT2D eigenvalue weighted by atomic mass is 9.66. The zero-order chi connectivity index (χ0) is 24.3. The highest BCUT2D eigenvalue weighted by molar-refractivity contribution is 8.02. The molecular formula is C24H29ClN2O5S. The van der Waals surface area contributed by atoms with Crippen molar-refractivity contribution in [1.82, 2.24) is 4.90 Å². The van der Waals surface area contributed by atoms with Gasteiger partial charge in [-0.3, -0.25) is 14.4 Å². The summed E-state index contributed by atoms with van der Waals surface area (Å²) in [5.41, 5.74) is 1.35. The van der Waals surface area contributed by atoms with E-state index < -0.39 is 39.4 Å². The normalized spacial score (nSPS) is 33.2. The molecule has 7 nitrogen and oxygen atoms in total. The molecule has 2 unspecified atom stereocenters. The van der Waals surface area contributed by atoms with Gasteiger partial charge in [0.15, 0.2) is 0 Å². The number of aliphatic hydroxyl groups excluding tert-OH is 1. The van der Waals surface area contributed by atoms with Crippen LogP contribution in [-0.2, 0) is 14.4 Å². The topological polar surface area (TPSA) is 98.2 Å². The number of para-hydroxylation sites is 1. The first kappa shape index (κ1) is 24.1. The molecule has 0 radical (unpaired) electrons. The molecule has 1 aromatic carbocycles. The van der Waals surface area contributed by atoms with E-state index in [0.29, 0.717) is 23.6 Å². The molecule has 0 saturated carbocycles. The van der Waals surface area contributed by atoms with Crippen LogP contribution in [0.2, 0.25) is 5.02 Å². The van der Waals surface area contributed by atoms with Gasteiger partial charge in [-0.2, -0.15) is 0 Å². The maximum absolute atomic E-state index is 14.3. The summed E-state index contributed by atoms with van der Waals surface area (Å²) in [5, 5.41) is 20.4. The molecule has 6 atom stereocenters. The molecule has 1 spiro atoms. The number of aliphatic hydroxyl groups is 1. The van der Waals surface area contributed by atoms with Gasteiger partial charge >= 0.3 is 5.97 Å². The van der Waals surface area contributed by atoms with E-state index in [1.165, 1.54) is 16.7 Å². The number of benzene rings is 1. The highest BCUT2D eigenvalue weighted by Crippen LogP contribution is 2.71. The molecule has 4 rings (SSSR count). The highest BCUT2D eigenvalue weighted by Gasteiger charge is 2.77. The summed E-state index contributed by atoms with van der Waals surface area (Å²) in [6.45, 7) is 9.08. The Bertz CT molecular complexity index is 1010. The average Bonchev–Trinajstić information content (AvgIpc) is 3.32. The van der Waals surface area contributed by atoms with Crippen molar-refractivity contribution in [3.63, 3.8) is 0 Å². The number of amides is 2. The van der Waals surface area contributed by atoms with E-state index in [9.17, 15) is 24.6 Å². The molecule has 0 aromatic heterocycles. The minimum absolute atomic E-state index is 0.181. The van der Waals surface area contributed by atoms with E-state index in [1.54, 1.807) is 30.0 Å². The first-order valence-corrected chi connectivity index (χ1v) is 12.3. The molecule has 3 heterocycles. The van der Waals surface area contributed by atoms with Crippen LogP contribution in [0, 0.1) is 18.8 Å². The van der Waals surface area contributed by atoms with Crippen LogP contribution in [0.5, 0.6) is 0 Å². The number of hydrogen-bond acceptors (Lipinski definition) is 5. The van der Waals surface area contributed by atoms with Crippen molar-refractivity contribution in [1.29, 1.82) is 0 Å². The Morgan fingerprint density at radius 3 is 2.70 bits per heavy atom. The molecular weight excluding hydrogens is 464 g/mol. The predicted octanol–water partition coefficient (Wildman–Crippen LogP) is 3.11. The Morgan fingerprint density at radius 2 is 2.12 bits per heavy atom. The molecule has 3 aliphatic rings. The zero-order valence-corrected chi connectivity index (χ0v) is 20.5. The highest BCUT2D eigenvalue weighted by atomic mass is 35.5. The maximum atomic E-state index is 14.3. The standard InChI is InChI=1S/C24H29ClN2O5S/c1-5-11-26(18-13(2)7-6-8-15(18)25)21(30)19-24-10-9-23(4,33-24)17(22(31)32)16(24)20(29)27(19)14(3)12-28/h5-8,14,16-17,19,28H,1,9-12H2,2-4H3,(H,31,32)/t14-,16+,17+,19?,23-,24?/m1/s1.